The number of aromatic nitrogens is 1. The highest BCUT2D eigenvalue weighted by atomic mass is 35.5. The zero-order valence-electron chi connectivity index (χ0n) is 13.3. The molecule has 0 saturated carbocycles. The smallest absolute Gasteiger partial charge is 0.265 e. The van der Waals surface area contributed by atoms with Gasteiger partial charge in [-0.15, -0.1) is 0 Å². The standard InChI is InChI=1S/C18H25ClN2O/c1-2-3-4-5-6-7-8-9-14-15-12-13(19)10-11-16(15)21-17(14)18(20)22/h10-12,21H,2-9H2,1H3,(H2,20,22). The Labute approximate surface area is 137 Å². The summed E-state index contributed by atoms with van der Waals surface area (Å²) in [5.74, 6) is -0.398. The average molecular weight is 321 g/mol. The maximum atomic E-state index is 11.6. The van der Waals surface area contributed by atoms with E-state index < -0.39 is 5.91 Å². The summed E-state index contributed by atoms with van der Waals surface area (Å²) in [6.45, 7) is 2.23. The number of aryl methyl sites for hydroxylation is 1. The average Bonchev–Trinajstić information content (AvgIpc) is 2.84. The van der Waals surface area contributed by atoms with Crippen LogP contribution in [0.15, 0.2) is 18.2 Å². The molecule has 2 rings (SSSR count). The monoisotopic (exact) mass is 320 g/mol. The van der Waals surface area contributed by atoms with Crippen LogP contribution in [-0.4, -0.2) is 10.9 Å². The highest BCUT2D eigenvalue weighted by Crippen LogP contribution is 2.27. The van der Waals surface area contributed by atoms with Gasteiger partial charge >= 0.3 is 0 Å². The van der Waals surface area contributed by atoms with E-state index in [9.17, 15) is 4.79 Å². The number of halogens is 1. The van der Waals surface area contributed by atoms with Gasteiger partial charge in [-0.3, -0.25) is 4.79 Å². The van der Waals surface area contributed by atoms with Crippen LogP contribution in [0.2, 0.25) is 5.02 Å². The van der Waals surface area contributed by atoms with Gasteiger partial charge in [0.2, 0.25) is 0 Å². The molecule has 22 heavy (non-hydrogen) atoms. The first-order valence-corrected chi connectivity index (χ1v) is 8.61. The van der Waals surface area contributed by atoms with Crippen molar-refractivity contribution < 1.29 is 4.79 Å². The molecular weight excluding hydrogens is 296 g/mol. The van der Waals surface area contributed by atoms with Crippen LogP contribution in [0.5, 0.6) is 0 Å². The van der Waals surface area contributed by atoms with E-state index in [1.165, 1.54) is 38.5 Å². The number of carbonyl (C=O) groups is 1. The summed E-state index contributed by atoms with van der Waals surface area (Å²) < 4.78 is 0. The van der Waals surface area contributed by atoms with Crippen LogP contribution in [0.4, 0.5) is 0 Å². The number of fused-ring (bicyclic) bond motifs is 1. The SMILES string of the molecule is CCCCCCCCCc1c(C(N)=O)[nH]c2ccc(Cl)cc12. The van der Waals surface area contributed by atoms with Gasteiger partial charge in [-0.1, -0.05) is 57.0 Å². The van der Waals surface area contributed by atoms with Gasteiger partial charge < -0.3 is 10.7 Å². The summed E-state index contributed by atoms with van der Waals surface area (Å²) in [6.07, 6.45) is 9.62. The number of hydrogen-bond donors (Lipinski definition) is 2. The molecule has 0 atom stereocenters. The molecule has 4 heteroatoms. The molecule has 0 aliphatic carbocycles. The van der Waals surface area contributed by atoms with Crippen LogP contribution in [0, 0.1) is 0 Å². The molecule has 0 radical (unpaired) electrons. The Bertz CT molecular complexity index is 633. The van der Waals surface area contributed by atoms with Crippen molar-refractivity contribution in [2.45, 2.75) is 58.3 Å². The van der Waals surface area contributed by atoms with Gasteiger partial charge in [0, 0.05) is 15.9 Å². The Morgan fingerprint density at radius 3 is 2.50 bits per heavy atom. The molecule has 0 saturated heterocycles. The van der Waals surface area contributed by atoms with Crippen LogP contribution >= 0.6 is 11.6 Å². The van der Waals surface area contributed by atoms with Crippen LogP contribution in [0.1, 0.15) is 67.9 Å². The van der Waals surface area contributed by atoms with Gasteiger partial charge in [-0.05, 0) is 36.6 Å². The number of rotatable bonds is 9. The Morgan fingerprint density at radius 1 is 1.14 bits per heavy atom. The third kappa shape index (κ3) is 4.26. The van der Waals surface area contributed by atoms with Crippen molar-refractivity contribution in [1.82, 2.24) is 4.98 Å². The minimum Gasteiger partial charge on any atom is -0.364 e. The molecule has 2 aromatic rings. The summed E-state index contributed by atoms with van der Waals surface area (Å²) in [5, 5.41) is 1.70. The molecule has 1 amide bonds. The number of nitrogens with one attached hydrogen (secondary N) is 1. The molecule has 120 valence electrons. The number of nitrogens with two attached hydrogens (primary N) is 1. The first kappa shape index (κ1) is 16.9. The molecule has 0 unspecified atom stereocenters. The lowest BCUT2D eigenvalue weighted by molar-refractivity contribution is 0.0995. The zero-order chi connectivity index (χ0) is 15.9. The largest absolute Gasteiger partial charge is 0.364 e. The molecule has 3 N–H and O–H groups in total. The van der Waals surface area contributed by atoms with E-state index in [2.05, 4.69) is 11.9 Å². The maximum absolute atomic E-state index is 11.6. The van der Waals surface area contributed by atoms with Crippen molar-refractivity contribution in [3.8, 4) is 0 Å². The van der Waals surface area contributed by atoms with E-state index in [0.717, 1.165) is 29.3 Å². The summed E-state index contributed by atoms with van der Waals surface area (Å²) in [6, 6.07) is 5.64. The highest BCUT2D eigenvalue weighted by Gasteiger charge is 2.15. The van der Waals surface area contributed by atoms with Crippen LogP contribution in [0.25, 0.3) is 10.9 Å². The maximum Gasteiger partial charge on any atom is 0.265 e. The Balaban J connectivity index is 2.01. The van der Waals surface area contributed by atoms with Crippen molar-refractivity contribution in [3.05, 3.63) is 34.5 Å². The van der Waals surface area contributed by atoms with E-state index in [-0.39, 0.29) is 0 Å². The fraction of sp³-hybridized carbons (Fsp3) is 0.500. The van der Waals surface area contributed by atoms with Gasteiger partial charge in [-0.25, -0.2) is 0 Å². The molecule has 0 aliphatic heterocycles. The molecule has 0 bridgehead atoms. The number of benzene rings is 1. The molecule has 1 aromatic heterocycles. The van der Waals surface area contributed by atoms with E-state index in [1.54, 1.807) is 0 Å². The predicted octanol–water partition coefficient (Wildman–Crippen LogP) is 5.21. The Kier molecular flexibility index (Phi) is 6.32. The van der Waals surface area contributed by atoms with Gasteiger partial charge in [0.05, 0.1) is 0 Å². The first-order chi connectivity index (χ1) is 10.6. The minimum atomic E-state index is -0.398. The van der Waals surface area contributed by atoms with E-state index >= 15 is 0 Å². The second kappa shape index (κ2) is 8.23. The van der Waals surface area contributed by atoms with Gasteiger partial charge in [-0.2, -0.15) is 0 Å². The third-order valence-electron chi connectivity index (χ3n) is 4.14. The second-order valence-electron chi connectivity index (χ2n) is 5.90. The van der Waals surface area contributed by atoms with Crippen LogP contribution in [-0.2, 0) is 6.42 Å². The lowest BCUT2D eigenvalue weighted by Crippen LogP contribution is -2.13. The van der Waals surface area contributed by atoms with Crippen molar-refractivity contribution in [2.75, 3.05) is 0 Å². The van der Waals surface area contributed by atoms with Crippen molar-refractivity contribution in [3.63, 3.8) is 0 Å². The molecular formula is C18H25ClN2O. The Hall–Kier alpha value is -1.48. The summed E-state index contributed by atoms with van der Waals surface area (Å²) in [7, 11) is 0. The van der Waals surface area contributed by atoms with E-state index in [4.69, 9.17) is 17.3 Å². The zero-order valence-corrected chi connectivity index (χ0v) is 14.0. The summed E-state index contributed by atoms with van der Waals surface area (Å²) in [4.78, 5) is 14.8. The lowest BCUT2D eigenvalue weighted by Gasteiger charge is -2.03. The van der Waals surface area contributed by atoms with Crippen molar-refractivity contribution >= 4 is 28.4 Å². The fourth-order valence-corrected chi connectivity index (χ4v) is 3.12. The highest BCUT2D eigenvalue weighted by molar-refractivity contribution is 6.31. The van der Waals surface area contributed by atoms with E-state index in [0.29, 0.717) is 10.7 Å². The lowest BCUT2D eigenvalue weighted by atomic mass is 10.0. The number of primary amides is 1. The first-order valence-electron chi connectivity index (χ1n) is 8.23. The normalized spacial score (nSPS) is 11.2. The molecule has 1 heterocycles. The molecule has 0 fully saturated rings. The summed E-state index contributed by atoms with van der Waals surface area (Å²) in [5.41, 5.74) is 7.97. The number of hydrogen-bond acceptors (Lipinski definition) is 1. The van der Waals surface area contributed by atoms with Crippen molar-refractivity contribution in [2.24, 2.45) is 5.73 Å². The van der Waals surface area contributed by atoms with Crippen LogP contribution in [0.3, 0.4) is 0 Å². The van der Waals surface area contributed by atoms with Gasteiger partial charge in [0.15, 0.2) is 0 Å². The Morgan fingerprint density at radius 2 is 1.82 bits per heavy atom. The number of aromatic amines is 1. The molecule has 0 aliphatic rings. The second-order valence-corrected chi connectivity index (χ2v) is 6.34. The number of unbranched alkanes of at least 4 members (excludes halogenated alkanes) is 6. The number of carbonyl (C=O) groups excluding carboxylic acids is 1. The van der Waals surface area contributed by atoms with E-state index in [1.807, 2.05) is 18.2 Å². The van der Waals surface area contributed by atoms with Gasteiger partial charge in [0.25, 0.3) is 5.91 Å². The fourth-order valence-electron chi connectivity index (χ4n) is 2.95. The predicted molar refractivity (Wildman–Crippen MR) is 93.5 cm³/mol. The summed E-state index contributed by atoms with van der Waals surface area (Å²) >= 11 is 6.08. The quantitative estimate of drug-likeness (QED) is 0.612. The van der Waals surface area contributed by atoms with Gasteiger partial charge in [0.1, 0.15) is 5.69 Å². The molecule has 0 spiro atoms. The topological polar surface area (TPSA) is 58.9 Å². The number of H-pyrrole nitrogens is 1. The minimum absolute atomic E-state index is 0.398. The number of amides is 1. The third-order valence-corrected chi connectivity index (χ3v) is 4.38. The van der Waals surface area contributed by atoms with Crippen molar-refractivity contribution in [1.29, 1.82) is 0 Å². The van der Waals surface area contributed by atoms with Crippen LogP contribution < -0.4 is 5.73 Å². The molecule has 1 aromatic carbocycles. The molecule has 3 nitrogen and oxygen atoms in total.